The van der Waals surface area contributed by atoms with Crippen LogP contribution in [0.2, 0.25) is 0 Å². The number of anilines is 3. The van der Waals surface area contributed by atoms with Crippen LogP contribution in [-0.2, 0) is 5.41 Å². The van der Waals surface area contributed by atoms with Crippen LogP contribution in [-0.4, -0.2) is 0 Å². The van der Waals surface area contributed by atoms with Crippen molar-refractivity contribution in [2.24, 2.45) is 0 Å². The Morgan fingerprint density at radius 1 is 0.367 bits per heavy atom. The summed E-state index contributed by atoms with van der Waals surface area (Å²) in [5.74, 6) is 1.82. The van der Waals surface area contributed by atoms with Crippen LogP contribution in [0.4, 0.5) is 17.1 Å². The number of hydrogen-bond acceptors (Lipinski definition) is 3. The van der Waals surface area contributed by atoms with Crippen LogP contribution in [0.15, 0.2) is 217 Å². The van der Waals surface area contributed by atoms with E-state index in [9.17, 15) is 0 Å². The summed E-state index contributed by atoms with van der Waals surface area (Å²) in [6, 6.07) is 76.7. The molecule has 60 heavy (non-hydrogen) atoms. The van der Waals surface area contributed by atoms with Gasteiger partial charge in [-0.3, -0.25) is 0 Å². The van der Waals surface area contributed by atoms with Crippen LogP contribution in [0.25, 0.3) is 65.7 Å². The van der Waals surface area contributed by atoms with E-state index in [0.29, 0.717) is 0 Å². The van der Waals surface area contributed by atoms with Gasteiger partial charge in [0.2, 0.25) is 0 Å². The Hall–Kier alpha value is -7.88. The van der Waals surface area contributed by atoms with Gasteiger partial charge in [0, 0.05) is 38.7 Å². The summed E-state index contributed by atoms with van der Waals surface area (Å²) in [5.41, 5.74) is 13.8. The molecule has 0 bridgehead atoms. The highest BCUT2D eigenvalue weighted by Crippen LogP contribution is 2.64. The third-order valence-electron chi connectivity index (χ3n) is 12.9. The SMILES string of the molecule is c1ccc(-c2ccc(N(c3ccc4c(c3)C3(c5ccccc5-4)c4ccc5ccccc5c4Oc4c3ccc3ccccc43)c3cccc4oc5ccccc5c34)cc2)cc1. The number of benzene rings is 10. The lowest BCUT2D eigenvalue weighted by molar-refractivity contribution is 0.447. The maximum atomic E-state index is 7.24. The molecule has 0 atom stereocenters. The van der Waals surface area contributed by atoms with Gasteiger partial charge in [-0.2, -0.15) is 0 Å². The molecule has 3 heteroatoms. The van der Waals surface area contributed by atoms with E-state index in [1.807, 2.05) is 6.07 Å². The molecule has 1 aromatic heterocycles. The van der Waals surface area contributed by atoms with Gasteiger partial charge in [-0.15, -0.1) is 0 Å². The zero-order valence-corrected chi connectivity index (χ0v) is 32.5. The molecule has 0 N–H and O–H groups in total. The van der Waals surface area contributed by atoms with Gasteiger partial charge in [0.05, 0.1) is 16.5 Å². The number of nitrogens with zero attached hydrogens (tertiary/aromatic N) is 1. The van der Waals surface area contributed by atoms with E-state index in [-0.39, 0.29) is 0 Å². The molecule has 1 aliphatic heterocycles. The molecule has 0 saturated carbocycles. The first kappa shape index (κ1) is 33.1. The number of furan rings is 1. The van der Waals surface area contributed by atoms with Gasteiger partial charge < -0.3 is 14.1 Å². The van der Waals surface area contributed by atoms with Crippen LogP contribution in [0.3, 0.4) is 0 Å². The average Bonchev–Trinajstić information content (AvgIpc) is 3.84. The maximum absolute atomic E-state index is 7.24. The number of para-hydroxylation sites is 1. The van der Waals surface area contributed by atoms with E-state index in [1.165, 1.54) is 33.4 Å². The fourth-order valence-electron chi connectivity index (χ4n) is 10.3. The van der Waals surface area contributed by atoms with Crippen molar-refractivity contribution in [3.63, 3.8) is 0 Å². The minimum Gasteiger partial charge on any atom is -0.456 e. The molecule has 0 unspecified atom stereocenters. The van der Waals surface area contributed by atoms with Crippen molar-refractivity contribution < 1.29 is 9.15 Å². The second-order valence-electron chi connectivity index (χ2n) is 16.0. The third kappa shape index (κ3) is 4.54. The summed E-state index contributed by atoms with van der Waals surface area (Å²) in [7, 11) is 0. The summed E-state index contributed by atoms with van der Waals surface area (Å²) in [6.07, 6.45) is 0. The molecule has 0 amide bonds. The molecule has 2 heterocycles. The predicted octanol–water partition coefficient (Wildman–Crippen LogP) is 15.5. The summed E-state index contributed by atoms with van der Waals surface area (Å²) >= 11 is 0. The normalized spacial score (nSPS) is 13.3. The monoisotopic (exact) mass is 765 g/mol. The molecule has 13 rings (SSSR count). The summed E-state index contributed by atoms with van der Waals surface area (Å²) in [4.78, 5) is 2.41. The van der Waals surface area contributed by atoms with Gasteiger partial charge in [0.25, 0.3) is 0 Å². The highest BCUT2D eigenvalue weighted by molar-refractivity contribution is 6.13. The van der Waals surface area contributed by atoms with Crippen molar-refractivity contribution in [1.29, 1.82) is 0 Å². The van der Waals surface area contributed by atoms with E-state index < -0.39 is 5.41 Å². The minimum absolute atomic E-state index is 0.671. The quantitative estimate of drug-likeness (QED) is 0.178. The fourth-order valence-corrected chi connectivity index (χ4v) is 10.3. The number of ether oxygens (including phenoxy) is 1. The Kier molecular flexibility index (Phi) is 6.93. The number of rotatable bonds is 4. The van der Waals surface area contributed by atoms with Crippen molar-refractivity contribution in [2.45, 2.75) is 5.41 Å². The van der Waals surface area contributed by atoms with Crippen molar-refractivity contribution in [3.05, 3.63) is 235 Å². The van der Waals surface area contributed by atoms with E-state index in [4.69, 9.17) is 9.15 Å². The van der Waals surface area contributed by atoms with Crippen molar-refractivity contribution in [1.82, 2.24) is 0 Å². The number of fused-ring (bicyclic) bond motifs is 16. The Morgan fingerprint density at radius 2 is 0.950 bits per heavy atom. The predicted molar refractivity (Wildman–Crippen MR) is 246 cm³/mol. The second kappa shape index (κ2) is 12.6. The Bertz CT molecular complexity index is 3440. The first-order valence-electron chi connectivity index (χ1n) is 20.6. The van der Waals surface area contributed by atoms with Gasteiger partial charge in [-0.1, -0.05) is 170 Å². The van der Waals surface area contributed by atoms with E-state index in [2.05, 4.69) is 211 Å². The Morgan fingerprint density at radius 3 is 1.70 bits per heavy atom. The van der Waals surface area contributed by atoms with Crippen LogP contribution in [0.5, 0.6) is 11.5 Å². The smallest absolute Gasteiger partial charge is 0.140 e. The zero-order valence-electron chi connectivity index (χ0n) is 32.5. The first-order chi connectivity index (χ1) is 29.8. The largest absolute Gasteiger partial charge is 0.456 e. The molecule has 1 aliphatic carbocycles. The van der Waals surface area contributed by atoms with Crippen molar-refractivity contribution in [3.8, 4) is 33.8 Å². The maximum Gasteiger partial charge on any atom is 0.140 e. The van der Waals surface area contributed by atoms with Gasteiger partial charge in [-0.25, -0.2) is 0 Å². The van der Waals surface area contributed by atoms with Crippen molar-refractivity contribution in [2.75, 3.05) is 4.90 Å². The Balaban J connectivity index is 1.12. The van der Waals surface area contributed by atoms with E-state index in [0.717, 1.165) is 83.2 Å². The van der Waals surface area contributed by atoms with E-state index in [1.54, 1.807) is 0 Å². The molecular formula is C57H35NO2. The standard InChI is InChI=1S/C57H35NO2/c1-2-13-36(14-3-1)37-25-29-40(30-26-37)58(51-22-12-24-53-54(51)46-20-9-11-23-52(46)59-53)41-31-32-45-44-19-8-10-21-47(44)57(50(45)35-41)48-33-27-38-15-4-6-17-42(38)55(48)60-56-43-18-7-5-16-39(43)28-34-49(56)57/h1-35H. The fraction of sp³-hybridized carbons (Fsp3) is 0.0175. The van der Waals surface area contributed by atoms with Gasteiger partial charge in [0.1, 0.15) is 22.7 Å². The van der Waals surface area contributed by atoms with Crippen LogP contribution < -0.4 is 9.64 Å². The first-order valence-corrected chi connectivity index (χ1v) is 20.6. The highest BCUT2D eigenvalue weighted by Gasteiger charge is 2.52. The molecule has 3 nitrogen and oxygen atoms in total. The average molecular weight is 766 g/mol. The molecule has 2 aliphatic rings. The van der Waals surface area contributed by atoms with Gasteiger partial charge in [-0.05, 0) is 86.6 Å². The van der Waals surface area contributed by atoms with Crippen LogP contribution in [0.1, 0.15) is 22.3 Å². The summed E-state index contributed by atoms with van der Waals surface area (Å²) in [5, 5.41) is 6.69. The molecule has 10 aromatic carbocycles. The highest BCUT2D eigenvalue weighted by atomic mass is 16.5. The third-order valence-corrected chi connectivity index (χ3v) is 12.9. The number of hydrogen-bond donors (Lipinski definition) is 0. The zero-order chi connectivity index (χ0) is 39.4. The summed E-state index contributed by atoms with van der Waals surface area (Å²) in [6.45, 7) is 0. The molecule has 0 radical (unpaired) electrons. The lowest BCUT2D eigenvalue weighted by Crippen LogP contribution is -2.32. The lowest BCUT2D eigenvalue weighted by atomic mass is 9.65. The second-order valence-corrected chi connectivity index (χ2v) is 16.0. The van der Waals surface area contributed by atoms with Crippen molar-refractivity contribution >= 4 is 60.5 Å². The van der Waals surface area contributed by atoms with Crippen LogP contribution >= 0.6 is 0 Å². The lowest BCUT2D eigenvalue weighted by Gasteiger charge is -2.40. The molecular weight excluding hydrogens is 731 g/mol. The molecule has 1 spiro atoms. The minimum atomic E-state index is -0.671. The van der Waals surface area contributed by atoms with Crippen LogP contribution in [0, 0.1) is 0 Å². The van der Waals surface area contributed by atoms with E-state index >= 15 is 0 Å². The Labute approximate surface area is 347 Å². The molecule has 0 saturated heterocycles. The summed E-state index contributed by atoms with van der Waals surface area (Å²) < 4.78 is 13.8. The van der Waals surface area contributed by atoms with Gasteiger partial charge >= 0.3 is 0 Å². The molecule has 11 aromatic rings. The molecule has 280 valence electrons. The van der Waals surface area contributed by atoms with Gasteiger partial charge in [0.15, 0.2) is 0 Å². The molecule has 0 fully saturated rings. The topological polar surface area (TPSA) is 25.6 Å².